The van der Waals surface area contributed by atoms with Crippen molar-refractivity contribution in [2.75, 3.05) is 20.3 Å². The quantitative estimate of drug-likeness (QED) is 0.857. The van der Waals surface area contributed by atoms with Gasteiger partial charge in [-0.25, -0.2) is 4.79 Å². The second-order valence-electron chi connectivity index (χ2n) is 7.52. The molecular formula is C20H29NO4. The Labute approximate surface area is 149 Å². The summed E-state index contributed by atoms with van der Waals surface area (Å²) < 4.78 is 11.6. The highest BCUT2D eigenvalue weighted by molar-refractivity contribution is 5.68. The van der Waals surface area contributed by atoms with Crippen LogP contribution in [0.15, 0.2) is 18.2 Å². The summed E-state index contributed by atoms with van der Waals surface area (Å²) in [5, 5.41) is 8.86. The van der Waals surface area contributed by atoms with E-state index in [1.165, 1.54) is 16.7 Å². The number of aliphatic carboxylic acids is 1. The molecule has 0 amide bonds. The minimum absolute atomic E-state index is 0.00438. The Kier molecular flexibility index (Phi) is 5.46. The summed E-state index contributed by atoms with van der Waals surface area (Å²) in [6, 6.07) is 6.94. The van der Waals surface area contributed by atoms with E-state index >= 15 is 0 Å². The first kappa shape index (κ1) is 18.4. The van der Waals surface area contributed by atoms with E-state index in [9.17, 15) is 4.79 Å². The van der Waals surface area contributed by atoms with Gasteiger partial charge in [0, 0.05) is 26.2 Å². The molecule has 138 valence electrons. The first-order valence-corrected chi connectivity index (χ1v) is 9.12. The molecule has 1 saturated carbocycles. The molecule has 5 heteroatoms. The molecule has 1 aliphatic carbocycles. The van der Waals surface area contributed by atoms with Crippen LogP contribution in [0.25, 0.3) is 0 Å². The molecule has 0 aromatic heterocycles. The van der Waals surface area contributed by atoms with Gasteiger partial charge in [0.1, 0.15) is 6.61 Å². The highest BCUT2D eigenvalue weighted by Crippen LogP contribution is 2.43. The van der Waals surface area contributed by atoms with Crippen LogP contribution in [0, 0.1) is 13.8 Å². The summed E-state index contributed by atoms with van der Waals surface area (Å²) in [5.41, 5.74) is 3.85. The van der Waals surface area contributed by atoms with Crippen LogP contribution in [0.4, 0.5) is 0 Å². The van der Waals surface area contributed by atoms with Gasteiger partial charge in [0.15, 0.2) is 0 Å². The summed E-state index contributed by atoms with van der Waals surface area (Å²) in [4.78, 5) is 13.3. The number of hydrogen-bond acceptors (Lipinski definition) is 4. The molecule has 0 radical (unpaired) electrons. The van der Waals surface area contributed by atoms with Crippen molar-refractivity contribution < 1.29 is 19.4 Å². The lowest BCUT2D eigenvalue weighted by atomic mass is 9.79. The molecule has 1 saturated heterocycles. The molecule has 0 spiro atoms. The van der Waals surface area contributed by atoms with Crippen molar-refractivity contribution >= 4 is 5.97 Å². The lowest BCUT2D eigenvalue weighted by molar-refractivity contribution is -0.148. The summed E-state index contributed by atoms with van der Waals surface area (Å²) >= 11 is 0. The molecule has 2 fully saturated rings. The van der Waals surface area contributed by atoms with Gasteiger partial charge >= 0.3 is 5.97 Å². The molecule has 5 nitrogen and oxygen atoms in total. The van der Waals surface area contributed by atoms with Gasteiger partial charge in [0.25, 0.3) is 0 Å². The Morgan fingerprint density at radius 3 is 2.80 bits per heavy atom. The van der Waals surface area contributed by atoms with Gasteiger partial charge in [-0.15, -0.1) is 0 Å². The third kappa shape index (κ3) is 3.89. The van der Waals surface area contributed by atoms with Crippen molar-refractivity contribution in [3.8, 4) is 0 Å². The zero-order valence-electron chi connectivity index (χ0n) is 15.5. The van der Waals surface area contributed by atoms with Crippen molar-refractivity contribution in [3.05, 3.63) is 34.9 Å². The third-order valence-electron chi connectivity index (χ3n) is 6.05. The van der Waals surface area contributed by atoms with E-state index in [-0.39, 0.29) is 24.4 Å². The van der Waals surface area contributed by atoms with Crippen molar-refractivity contribution in [2.24, 2.45) is 0 Å². The van der Waals surface area contributed by atoms with Gasteiger partial charge in [-0.05, 0) is 56.2 Å². The molecule has 25 heavy (non-hydrogen) atoms. The molecule has 1 aliphatic heterocycles. The van der Waals surface area contributed by atoms with Crippen molar-refractivity contribution in [2.45, 2.75) is 63.8 Å². The maximum atomic E-state index is 10.8. The average molecular weight is 347 g/mol. The monoisotopic (exact) mass is 347 g/mol. The van der Waals surface area contributed by atoms with Crippen LogP contribution in [0.5, 0.6) is 0 Å². The van der Waals surface area contributed by atoms with Crippen LogP contribution in [-0.4, -0.2) is 54.0 Å². The number of methoxy groups -OCH3 is 1. The van der Waals surface area contributed by atoms with Crippen LogP contribution in [0.3, 0.4) is 0 Å². The molecule has 1 heterocycles. The van der Waals surface area contributed by atoms with E-state index in [0.29, 0.717) is 0 Å². The fourth-order valence-corrected chi connectivity index (χ4v) is 4.42. The van der Waals surface area contributed by atoms with E-state index in [1.54, 1.807) is 0 Å². The normalized spacial score (nSPS) is 29.6. The fraction of sp³-hybridized carbons (Fsp3) is 0.650. The standard InChI is InChI=1S/C20H29NO4/c1-14-4-5-16(10-15(14)2)12-21-9-8-20(24-3)7-6-17(11-18(20)21)25-13-19(22)23/h4-5,10,17-18H,6-9,11-13H2,1-3H3,(H,22,23)/t17-,18-,20+/m0/s1. The predicted molar refractivity (Wildman–Crippen MR) is 95.7 cm³/mol. The minimum atomic E-state index is -0.901. The summed E-state index contributed by atoms with van der Waals surface area (Å²) in [6.07, 6.45) is 3.68. The van der Waals surface area contributed by atoms with Gasteiger partial charge in [-0.1, -0.05) is 18.2 Å². The van der Waals surface area contributed by atoms with Crippen LogP contribution in [-0.2, 0) is 20.8 Å². The molecule has 3 rings (SSSR count). The van der Waals surface area contributed by atoms with E-state index in [1.807, 2.05) is 7.11 Å². The zero-order chi connectivity index (χ0) is 18.0. The highest BCUT2D eigenvalue weighted by Gasteiger charge is 2.51. The maximum Gasteiger partial charge on any atom is 0.329 e. The second-order valence-corrected chi connectivity index (χ2v) is 7.52. The summed E-state index contributed by atoms with van der Waals surface area (Å²) in [7, 11) is 1.81. The van der Waals surface area contributed by atoms with Gasteiger partial charge in [-0.2, -0.15) is 0 Å². The Hall–Kier alpha value is -1.43. The number of ether oxygens (including phenoxy) is 2. The van der Waals surface area contributed by atoms with Gasteiger partial charge in [-0.3, -0.25) is 4.90 Å². The maximum absolute atomic E-state index is 10.8. The largest absolute Gasteiger partial charge is 0.480 e. The number of rotatable bonds is 6. The summed E-state index contributed by atoms with van der Waals surface area (Å²) in [5.74, 6) is -0.901. The molecule has 0 unspecified atom stereocenters. The molecule has 3 atom stereocenters. The van der Waals surface area contributed by atoms with Gasteiger partial charge in [0.2, 0.25) is 0 Å². The lowest BCUT2D eigenvalue weighted by Gasteiger charge is -2.43. The number of carbonyl (C=O) groups is 1. The number of aryl methyl sites for hydroxylation is 2. The number of carboxylic acids is 1. The molecule has 2 aliphatic rings. The number of benzene rings is 1. The first-order chi connectivity index (χ1) is 11.9. The number of likely N-dealkylation sites (tertiary alicyclic amines) is 1. The second kappa shape index (κ2) is 7.44. The van der Waals surface area contributed by atoms with E-state index in [2.05, 4.69) is 36.9 Å². The van der Waals surface area contributed by atoms with Crippen molar-refractivity contribution in [1.82, 2.24) is 4.90 Å². The van der Waals surface area contributed by atoms with Gasteiger partial charge in [0.05, 0.1) is 11.7 Å². The Morgan fingerprint density at radius 1 is 1.32 bits per heavy atom. The van der Waals surface area contributed by atoms with Crippen molar-refractivity contribution in [1.29, 1.82) is 0 Å². The Balaban J connectivity index is 1.71. The predicted octanol–water partition coefficient (Wildman–Crippen LogP) is 2.92. The topological polar surface area (TPSA) is 59.0 Å². The van der Waals surface area contributed by atoms with E-state index in [0.717, 1.165) is 38.8 Å². The molecule has 0 bridgehead atoms. The van der Waals surface area contributed by atoms with Crippen LogP contribution >= 0.6 is 0 Å². The molecule has 1 N–H and O–H groups in total. The van der Waals surface area contributed by atoms with E-state index in [4.69, 9.17) is 14.6 Å². The first-order valence-electron chi connectivity index (χ1n) is 9.12. The number of nitrogens with zero attached hydrogens (tertiary/aromatic N) is 1. The number of fused-ring (bicyclic) bond motifs is 1. The lowest BCUT2D eigenvalue weighted by Crippen LogP contribution is -2.51. The van der Waals surface area contributed by atoms with Crippen molar-refractivity contribution in [3.63, 3.8) is 0 Å². The Bertz CT molecular complexity index is 632. The smallest absolute Gasteiger partial charge is 0.329 e. The van der Waals surface area contributed by atoms with Crippen LogP contribution < -0.4 is 0 Å². The Morgan fingerprint density at radius 2 is 2.12 bits per heavy atom. The average Bonchev–Trinajstić information content (AvgIpc) is 2.95. The minimum Gasteiger partial charge on any atom is -0.480 e. The van der Waals surface area contributed by atoms with E-state index < -0.39 is 5.97 Å². The SMILES string of the molecule is CO[C@@]12CC[C@H](OCC(=O)O)C[C@@H]1N(Cc1ccc(C)c(C)c1)CC2. The fourth-order valence-electron chi connectivity index (χ4n) is 4.42. The number of hydrogen-bond donors (Lipinski definition) is 1. The number of carboxylic acid groups (broad SMARTS) is 1. The van der Waals surface area contributed by atoms with Crippen LogP contribution in [0.2, 0.25) is 0 Å². The van der Waals surface area contributed by atoms with Gasteiger partial charge < -0.3 is 14.6 Å². The molecule has 1 aromatic rings. The third-order valence-corrected chi connectivity index (χ3v) is 6.05. The van der Waals surface area contributed by atoms with Crippen LogP contribution in [0.1, 0.15) is 42.4 Å². The molecule has 1 aromatic carbocycles. The zero-order valence-corrected chi connectivity index (χ0v) is 15.5. The summed E-state index contributed by atoms with van der Waals surface area (Å²) in [6.45, 7) is 5.99. The highest BCUT2D eigenvalue weighted by atomic mass is 16.5. The molecular weight excluding hydrogens is 318 g/mol.